The molecule has 142 valence electrons. The molecule has 0 saturated carbocycles. The molecular weight excluding hydrogens is 381 g/mol. The Bertz CT molecular complexity index is 1150. The molecule has 0 radical (unpaired) electrons. The van der Waals surface area contributed by atoms with Crippen molar-refractivity contribution < 1.29 is 13.9 Å². The van der Waals surface area contributed by atoms with Crippen molar-refractivity contribution in [2.24, 2.45) is 0 Å². The van der Waals surface area contributed by atoms with Crippen molar-refractivity contribution in [3.05, 3.63) is 48.3 Å². The average Bonchev–Trinajstić information content (AvgIpc) is 3.05. The molecule has 0 bridgehead atoms. The summed E-state index contributed by atoms with van der Waals surface area (Å²) in [5.74, 6) is 0.354. The fraction of sp³-hybridized carbons (Fsp3) is 0.158. The van der Waals surface area contributed by atoms with Gasteiger partial charge in [0, 0.05) is 16.6 Å². The number of carbonyl (C=O) groups is 1. The van der Waals surface area contributed by atoms with Crippen LogP contribution in [0.25, 0.3) is 22.1 Å². The van der Waals surface area contributed by atoms with Crippen LogP contribution in [0.4, 0.5) is 10.1 Å². The van der Waals surface area contributed by atoms with Crippen molar-refractivity contribution >= 4 is 45.4 Å². The van der Waals surface area contributed by atoms with Crippen molar-refractivity contribution in [1.82, 2.24) is 20.2 Å². The summed E-state index contributed by atoms with van der Waals surface area (Å²) in [5, 5.41) is 11.9. The number of aromatic nitrogens is 4. The van der Waals surface area contributed by atoms with E-state index in [0.717, 1.165) is 11.3 Å². The summed E-state index contributed by atoms with van der Waals surface area (Å²) in [7, 11) is 0. The second kappa shape index (κ2) is 7.81. The molecule has 1 amide bonds. The van der Waals surface area contributed by atoms with Gasteiger partial charge in [-0.3, -0.25) is 4.79 Å². The number of rotatable bonds is 6. The summed E-state index contributed by atoms with van der Waals surface area (Å²) in [6.07, 6.45) is 0. The fourth-order valence-corrected chi connectivity index (χ4v) is 3.30. The third-order valence-electron chi connectivity index (χ3n) is 3.94. The lowest BCUT2D eigenvalue weighted by atomic mass is 10.2. The van der Waals surface area contributed by atoms with Crippen molar-refractivity contribution in [2.75, 3.05) is 17.7 Å². The standard InChI is InChI=1S/C19H16FN5O2S/c1-2-27-13-6-4-12(5-7-13)21-16(26)10-28-19-23-18-17(24-25-19)14-9-11(20)3-8-15(14)22-18/h3-9H,2,10H2,1H3,(H,21,26)(H,22,23,25). The van der Waals surface area contributed by atoms with Crippen LogP contribution in [-0.2, 0) is 4.79 Å². The molecule has 4 aromatic rings. The minimum absolute atomic E-state index is 0.134. The Morgan fingerprint density at radius 3 is 2.82 bits per heavy atom. The normalized spacial score (nSPS) is 11.1. The lowest BCUT2D eigenvalue weighted by Crippen LogP contribution is -2.14. The number of H-pyrrole nitrogens is 1. The van der Waals surface area contributed by atoms with Gasteiger partial charge in [0.05, 0.1) is 12.4 Å². The highest BCUT2D eigenvalue weighted by atomic mass is 32.2. The number of hydrogen-bond acceptors (Lipinski definition) is 6. The van der Waals surface area contributed by atoms with E-state index < -0.39 is 0 Å². The Hall–Kier alpha value is -3.20. The number of thioether (sulfide) groups is 1. The van der Waals surface area contributed by atoms with E-state index in [1.807, 2.05) is 6.92 Å². The minimum atomic E-state index is -0.348. The van der Waals surface area contributed by atoms with Gasteiger partial charge in [-0.15, -0.1) is 10.2 Å². The van der Waals surface area contributed by atoms with E-state index in [2.05, 4.69) is 25.5 Å². The van der Waals surface area contributed by atoms with Crippen molar-refractivity contribution in [3.63, 3.8) is 0 Å². The molecule has 0 atom stereocenters. The van der Waals surface area contributed by atoms with Crippen LogP contribution >= 0.6 is 11.8 Å². The molecule has 7 nitrogen and oxygen atoms in total. The Balaban J connectivity index is 1.41. The zero-order chi connectivity index (χ0) is 19.5. The van der Waals surface area contributed by atoms with Crippen LogP contribution in [0.2, 0.25) is 0 Å². The number of halogens is 1. The number of aromatic amines is 1. The van der Waals surface area contributed by atoms with Gasteiger partial charge in [0.1, 0.15) is 17.1 Å². The van der Waals surface area contributed by atoms with Crippen LogP contribution in [-0.4, -0.2) is 38.4 Å². The number of nitrogens with zero attached hydrogens (tertiary/aromatic N) is 3. The van der Waals surface area contributed by atoms with Crippen LogP contribution in [0.15, 0.2) is 47.6 Å². The number of carbonyl (C=O) groups excluding carboxylic acids is 1. The monoisotopic (exact) mass is 397 g/mol. The first-order valence-corrected chi connectivity index (χ1v) is 9.58. The molecular formula is C19H16FN5O2S. The Morgan fingerprint density at radius 1 is 1.21 bits per heavy atom. The molecule has 2 aromatic heterocycles. The van der Waals surface area contributed by atoms with Crippen LogP contribution in [0.1, 0.15) is 6.92 Å². The molecule has 28 heavy (non-hydrogen) atoms. The summed E-state index contributed by atoms with van der Waals surface area (Å²) in [5.41, 5.74) is 2.41. The highest BCUT2D eigenvalue weighted by Crippen LogP contribution is 2.24. The molecule has 0 aliphatic heterocycles. The molecule has 2 aromatic carbocycles. The van der Waals surface area contributed by atoms with Gasteiger partial charge < -0.3 is 15.0 Å². The number of nitrogens with one attached hydrogen (secondary N) is 2. The number of ether oxygens (including phenoxy) is 1. The second-order valence-electron chi connectivity index (χ2n) is 5.90. The maximum Gasteiger partial charge on any atom is 0.234 e. The van der Waals surface area contributed by atoms with E-state index in [1.165, 1.54) is 23.9 Å². The molecule has 0 aliphatic rings. The van der Waals surface area contributed by atoms with E-state index in [9.17, 15) is 9.18 Å². The largest absolute Gasteiger partial charge is 0.494 e. The number of fused-ring (bicyclic) bond motifs is 3. The summed E-state index contributed by atoms with van der Waals surface area (Å²) in [6, 6.07) is 11.5. The first-order chi connectivity index (χ1) is 13.6. The maximum absolute atomic E-state index is 13.4. The second-order valence-corrected chi connectivity index (χ2v) is 6.84. The third kappa shape index (κ3) is 3.89. The molecule has 0 fully saturated rings. The van der Waals surface area contributed by atoms with Crippen LogP contribution in [0, 0.1) is 5.82 Å². The van der Waals surface area contributed by atoms with Gasteiger partial charge in [-0.2, -0.15) is 0 Å². The third-order valence-corrected chi connectivity index (χ3v) is 4.78. The van der Waals surface area contributed by atoms with E-state index in [-0.39, 0.29) is 17.5 Å². The van der Waals surface area contributed by atoms with Crippen molar-refractivity contribution in [2.45, 2.75) is 12.1 Å². The van der Waals surface area contributed by atoms with Crippen molar-refractivity contribution in [3.8, 4) is 5.75 Å². The van der Waals surface area contributed by atoms with Gasteiger partial charge in [-0.1, -0.05) is 11.8 Å². The molecule has 4 rings (SSSR count). The van der Waals surface area contributed by atoms with E-state index in [4.69, 9.17) is 4.74 Å². The van der Waals surface area contributed by atoms with Gasteiger partial charge in [-0.25, -0.2) is 9.37 Å². The van der Waals surface area contributed by atoms with Crippen LogP contribution in [0.5, 0.6) is 5.75 Å². The zero-order valence-corrected chi connectivity index (χ0v) is 15.7. The number of hydrogen-bond donors (Lipinski definition) is 2. The predicted octanol–water partition coefficient (Wildman–Crippen LogP) is 3.77. The summed E-state index contributed by atoms with van der Waals surface area (Å²) in [4.78, 5) is 19.6. The first kappa shape index (κ1) is 18.2. The number of amides is 1. The Morgan fingerprint density at radius 2 is 2.04 bits per heavy atom. The molecule has 0 saturated heterocycles. The minimum Gasteiger partial charge on any atom is -0.494 e. The van der Waals surface area contributed by atoms with Gasteiger partial charge in [0.15, 0.2) is 5.65 Å². The SMILES string of the molecule is CCOc1ccc(NC(=O)CSc2nnc3c(n2)[nH]c2ccc(F)cc23)cc1. The van der Waals surface area contributed by atoms with Crippen LogP contribution in [0.3, 0.4) is 0 Å². The smallest absolute Gasteiger partial charge is 0.234 e. The lowest BCUT2D eigenvalue weighted by molar-refractivity contribution is -0.113. The van der Waals surface area contributed by atoms with Gasteiger partial charge in [0.2, 0.25) is 11.1 Å². The highest BCUT2D eigenvalue weighted by molar-refractivity contribution is 7.99. The topological polar surface area (TPSA) is 92.8 Å². The van der Waals surface area contributed by atoms with E-state index in [1.54, 1.807) is 30.3 Å². The summed E-state index contributed by atoms with van der Waals surface area (Å²) >= 11 is 1.17. The highest BCUT2D eigenvalue weighted by Gasteiger charge is 2.12. The van der Waals surface area contributed by atoms with Gasteiger partial charge in [0.25, 0.3) is 0 Å². The zero-order valence-electron chi connectivity index (χ0n) is 14.9. The average molecular weight is 397 g/mol. The summed E-state index contributed by atoms with van der Waals surface area (Å²) < 4.78 is 18.8. The van der Waals surface area contributed by atoms with Crippen molar-refractivity contribution in [1.29, 1.82) is 0 Å². The lowest BCUT2D eigenvalue weighted by Gasteiger charge is -2.06. The van der Waals surface area contributed by atoms with Crippen LogP contribution < -0.4 is 10.1 Å². The molecule has 0 unspecified atom stereocenters. The molecule has 2 N–H and O–H groups in total. The number of anilines is 1. The quantitative estimate of drug-likeness (QED) is 0.481. The Kier molecular flexibility index (Phi) is 5.07. The number of benzene rings is 2. The Labute approximate surface area is 163 Å². The fourth-order valence-electron chi connectivity index (χ4n) is 2.72. The molecule has 0 aliphatic carbocycles. The predicted molar refractivity (Wildman–Crippen MR) is 106 cm³/mol. The molecule has 9 heteroatoms. The van der Waals surface area contributed by atoms with E-state index >= 15 is 0 Å². The summed E-state index contributed by atoms with van der Waals surface area (Å²) in [6.45, 7) is 2.50. The maximum atomic E-state index is 13.4. The van der Waals surface area contributed by atoms with Gasteiger partial charge >= 0.3 is 0 Å². The molecule has 2 heterocycles. The molecule has 0 spiro atoms. The van der Waals surface area contributed by atoms with Gasteiger partial charge in [-0.05, 0) is 49.4 Å². The first-order valence-electron chi connectivity index (χ1n) is 8.59. The van der Waals surface area contributed by atoms with E-state index in [0.29, 0.717) is 34.0 Å².